The van der Waals surface area contributed by atoms with Gasteiger partial charge in [-0.3, -0.25) is 19.8 Å². The minimum absolute atomic E-state index is 0.0383. The maximum absolute atomic E-state index is 13.6. The molecule has 3 aromatic rings. The van der Waals surface area contributed by atoms with Gasteiger partial charge < -0.3 is 4.90 Å². The van der Waals surface area contributed by atoms with Gasteiger partial charge in [-0.2, -0.15) is 0 Å². The zero-order valence-electron chi connectivity index (χ0n) is 19.1. The second-order valence-electron chi connectivity index (χ2n) is 8.81. The standard InChI is InChI=1S/C27H29N3O3/c1-20-6-10-24(11-7-20)29(27(31)23-5-3-4-21(2)18-23)25-14-16-28(17-15-25)19-22-8-12-26(13-9-22)30(32)33/h3-13,18,25H,14-17,19H2,1-2H3. The van der Waals surface area contributed by atoms with Crippen molar-refractivity contribution in [2.45, 2.75) is 39.3 Å². The third kappa shape index (κ3) is 5.46. The molecule has 1 heterocycles. The summed E-state index contributed by atoms with van der Waals surface area (Å²) in [5.74, 6) is 0.0383. The van der Waals surface area contributed by atoms with Crippen molar-refractivity contribution in [1.82, 2.24) is 4.90 Å². The summed E-state index contributed by atoms with van der Waals surface area (Å²) in [6, 6.07) is 22.8. The number of nitro groups is 1. The fourth-order valence-corrected chi connectivity index (χ4v) is 4.43. The first-order valence-corrected chi connectivity index (χ1v) is 11.3. The van der Waals surface area contributed by atoms with E-state index in [-0.39, 0.29) is 22.6 Å². The predicted octanol–water partition coefficient (Wildman–Crippen LogP) is 5.52. The van der Waals surface area contributed by atoms with E-state index in [1.807, 2.05) is 67.3 Å². The molecule has 1 aliphatic rings. The molecule has 3 aromatic carbocycles. The maximum atomic E-state index is 13.6. The average Bonchev–Trinajstić information content (AvgIpc) is 2.82. The number of nitro benzene ring substituents is 1. The number of non-ortho nitro benzene ring substituents is 1. The quantitative estimate of drug-likeness (QED) is 0.371. The van der Waals surface area contributed by atoms with Crippen LogP contribution in [0.3, 0.4) is 0 Å². The Hall–Kier alpha value is -3.51. The van der Waals surface area contributed by atoms with E-state index in [9.17, 15) is 14.9 Å². The molecule has 0 radical (unpaired) electrons. The summed E-state index contributed by atoms with van der Waals surface area (Å²) in [6.45, 7) is 6.54. The lowest BCUT2D eigenvalue weighted by atomic mass is 9.99. The Morgan fingerprint density at radius 1 is 0.970 bits per heavy atom. The zero-order chi connectivity index (χ0) is 23.4. The van der Waals surface area contributed by atoms with Gasteiger partial charge in [-0.05, 0) is 56.5 Å². The molecule has 33 heavy (non-hydrogen) atoms. The SMILES string of the molecule is Cc1ccc(N(C(=O)c2cccc(C)c2)C2CCN(Cc3ccc([N+](=O)[O-])cc3)CC2)cc1. The molecule has 0 spiro atoms. The molecule has 1 saturated heterocycles. The van der Waals surface area contributed by atoms with Gasteiger partial charge in [-0.1, -0.05) is 47.5 Å². The number of hydrogen-bond acceptors (Lipinski definition) is 4. The Balaban J connectivity index is 1.48. The van der Waals surface area contributed by atoms with Gasteiger partial charge in [0.15, 0.2) is 0 Å². The van der Waals surface area contributed by atoms with E-state index >= 15 is 0 Å². The van der Waals surface area contributed by atoms with Crippen LogP contribution in [-0.4, -0.2) is 34.9 Å². The summed E-state index contributed by atoms with van der Waals surface area (Å²) in [6.07, 6.45) is 1.75. The molecule has 6 heteroatoms. The summed E-state index contributed by atoms with van der Waals surface area (Å²) in [5, 5.41) is 10.9. The first-order valence-electron chi connectivity index (χ1n) is 11.3. The van der Waals surface area contributed by atoms with Gasteiger partial charge in [0.05, 0.1) is 4.92 Å². The van der Waals surface area contributed by atoms with E-state index < -0.39 is 0 Å². The van der Waals surface area contributed by atoms with Crippen molar-refractivity contribution in [3.8, 4) is 0 Å². The second kappa shape index (κ2) is 9.96. The van der Waals surface area contributed by atoms with Gasteiger partial charge in [0.1, 0.15) is 0 Å². The minimum atomic E-state index is -0.375. The van der Waals surface area contributed by atoms with Crippen LogP contribution in [0.2, 0.25) is 0 Å². The highest BCUT2D eigenvalue weighted by Crippen LogP contribution is 2.27. The molecule has 170 valence electrons. The summed E-state index contributed by atoms with van der Waals surface area (Å²) in [4.78, 5) is 28.4. The molecule has 6 nitrogen and oxygen atoms in total. The Kier molecular flexibility index (Phi) is 6.84. The van der Waals surface area contributed by atoms with Crippen molar-refractivity contribution >= 4 is 17.3 Å². The number of carbonyl (C=O) groups excluding carboxylic acids is 1. The van der Waals surface area contributed by atoms with Crippen molar-refractivity contribution in [2.24, 2.45) is 0 Å². The number of aryl methyl sites for hydroxylation is 2. The maximum Gasteiger partial charge on any atom is 0.269 e. The largest absolute Gasteiger partial charge is 0.305 e. The van der Waals surface area contributed by atoms with Crippen LogP contribution in [0.25, 0.3) is 0 Å². The van der Waals surface area contributed by atoms with E-state index in [4.69, 9.17) is 0 Å². The number of nitrogens with zero attached hydrogens (tertiary/aromatic N) is 3. The van der Waals surface area contributed by atoms with Crippen LogP contribution in [0.4, 0.5) is 11.4 Å². The van der Waals surface area contributed by atoms with Crippen molar-refractivity contribution in [3.05, 3.63) is 105 Å². The second-order valence-corrected chi connectivity index (χ2v) is 8.81. The average molecular weight is 444 g/mol. The fourth-order valence-electron chi connectivity index (χ4n) is 4.43. The van der Waals surface area contributed by atoms with E-state index in [1.54, 1.807) is 12.1 Å². The number of amides is 1. The number of hydrogen-bond donors (Lipinski definition) is 0. The van der Waals surface area contributed by atoms with Gasteiger partial charge in [0.2, 0.25) is 0 Å². The van der Waals surface area contributed by atoms with E-state index in [0.717, 1.165) is 49.3 Å². The van der Waals surface area contributed by atoms with Crippen LogP contribution >= 0.6 is 0 Å². The number of carbonyl (C=O) groups is 1. The van der Waals surface area contributed by atoms with Crippen LogP contribution in [0.5, 0.6) is 0 Å². The molecule has 1 fully saturated rings. The summed E-state index contributed by atoms with van der Waals surface area (Å²) in [7, 11) is 0. The number of anilines is 1. The van der Waals surface area contributed by atoms with Gasteiger partial charge in [0, 0.05) is 49.1 Å². The van der Waals surface area contributed by atoms with E-state index in [1.165, 1.54) is 5.56 Å². The molecular weight excluding hydrogens is 414 g/mol. The highest BCUT2D eigenvalue weighted by atomic mass is 16.6. The summed E-state index contributed by atoms with van der Waals surface area (Å²) < 4.78 is 0. The van der Waals surface area contributed by atoms with E-state index in [0.29, 0.717) is 5.56 Å². The van der Waals surface area contributed by atoms with Gasteiger partial charge in [-0.15, -0.1) is 0 Å². The molecule has 0 aromatic heterocycles. The van der Waals surface area contributed by atoms with Crippen molar-refractivity contribution in [2.75, 3.05) is 18.0 Å². The first-order chi connectivity index (χ1) is 15.9. The Labute approximate surface area is 194 Å². The lowest BCUT2D eigenvalue weighted by molar-refractivity contribution is -0.384. The molecule has 1 aliphatic heterocycles. The number of piperidine rings is 1. The predicted molar refractivity (Wildman–Crippen MR) is 131 cm³/mol. The van der Waals surface area contributed by atoms with Crippen molar-refractivity contribution in [1.29, 1.82) is 0 Å². The lowest BCUT2D eigenvalue weighted by Crippen LogP contribution is -2.47. The van der Waals surface area contributed by atoms with Gasteiger partial charge in [0.25, 0.3) is 11.6 Å². The van der Waals surface area contributed by atoms with Crippen molar-refractivity contribution < 1.29 is 9.72 Å². The van der Waals surface area contributed by atoms with Crippen molar-refractivity contribution in [3.63, 3.8) is 0 Å². The highest BCUT2D eigenvalue weighted by Gasteiger charge is 2.30. The first kappa shape index (κ1) is 22.7. The molecule has 0 aliphatic carbocycles. The molecule has 0 unspecified atom stereocenters. The molecule has 1 amide bonds. The Bertz CT molecular complexity index is 1120. The number of rotatable bonds is 6. The van der Waals surface area contributed by atoms with Crippen LogP contribution in [0.15, 0.2) is 72.8 Å². The molecule has 0 N–H and O–H groups in total. The normalized spacial score (nSPS) is 14.7. The molecule has 0 saturated carbocycles. The lowest BCUT2D eigenvalue weighted by Gasteiger charge is -2.38. The summed E-state index contributed by atoms with van der Waals surface area (Å²) in [5.41, 5.74) is 5.05. The van der Waals surface area contributed by atoms with Gasteiger partial charge >= 0.3 is 0 Å². The zero-order valence-corrected chi connectivity index (χ0v) is 19.1. The van der Waals surface area contributed by atoms with Crippen LogP contribution in [-0.2, 0) is 6.54 Å². The molecular formula is C27H29N3O3. The molecule has 0 bridgehead atoms. The number of benzene rings is 3. The van der Waals surface area contributed by atoms with Crippen LogP contribution < -0.4 is 4.90 Å². The third-order valence-corrected chi connectivity index (χ3v) is 6.27. The summed E-state index contributed by atoms with van der Waals surface area (Å²) >= 11 is 0. The molecule has 0 atom stereocenters. The van der Waals surface area contributed by atoms with Crippen LogP contribution in [0, 0.1) is 24.0 Å². The van der Waals surface area contributed by atoms with Gasteiger partial charge in [-0.25, -0.2) is 0 Å². The highest BCUT2D eigenvalue weighted by molar-refractivity contribution is 6.06. The number of likely N-dealkylation sites (tertiary alicyclic amines) is 1. The fraction of sp³-hybridized carbons (Fsp3) is 0.296. The topological polar surface area (TPSA) is 66.7 Å². The van der Waals surface area contributed by atoms with Crippen LogP contribution in [0.1, 0.15) is 39.9 Å². The third-order valence-electron chi connectivity index (χ3n) is 6.27. The Morgan fingerprint density at radius 2 is 1.64 bits per heavy atom. The minimum Gasteiger partial charge on any atom is -0.305 e. The molecule has 4 rings (SSSR count). The smallest absolute Gasteiger partial charge is 0.269 e. The Morgan fingerprint density at radius 3 is 2.24 bits per heavy atom. The monoisotopic (exact) mass is 443 g/mol. The van der Waals surface area contributed by atoms with E-state index in [2.05, 4.69) is 17.0 Å².